The van der Waals surface area contributed by atoms with E-state index in [1.54, 1.807) is 38.1 Å². The molecule has 1 amide bonds. The Balaban J connectivity index is 1.57. The van der Waals surface area contributed by atoms with Gasteiger partial charge in [-0.05, 0) is 25.5 Å². The van der Waals surface area contributed by atoms with Crippen LogP contribution in [-0.2, 0) is 16.0 Å². The highest BCUT2D eigenvalue weighted by Gasteiger charge is 2.22. The van der Waals surface area contributed by atoms with Gasteiger partial charge in [0.05, 0.1) is 29.3 Å². The van der Waals surface area contributed by atoms with E-state index in [0.29, 0.717) is 17.8 Å². The number of aromatic nitrogens is 3. The maximum atomic E-state index is 13.1. The normalized spacial score (nSPS) is 10.8. The third-order valence-corrected chi connectivity index (χ3v) is 7.10. The Bertz CT molecular complexity index is 1470. The third kappa shape index (κ3) is 5.89. The van der Waals surface area contributed by atoms with Crippen LogP contribution in [0.5, 0.6) is 5.88 Å². The summed E-state index contributed by atoms with van der Waals surface area (Å²) >= 11 is 2.03. The molecule has 0 saturated carbocycles. The lowest BCUT2D eigenvalue weighted by Crippen LogP contribution is -2.25. The largest absolute Gasteiger partial charge is 0.493 e. The molecule has 4 aromatic rings. The van der Waals surface area contributed by atoms with Gasteiger partial charge in [0, 0.05) is 5.56 Å². The monoisotopic (exact) mass is 536 g/mol. The maximum absolute atomic E-state index is 13.1. The number of carbonyl (C=O) groups excluding carboxylic acids is 2. The summed E-state index contributed by atoms with van der Waals surface area (Å²) in [7, 11) is 0. The number of aromatic hydroxyl groups is 1. The molecule has 0 aliphatic heterocycles. The predicted molar refractivity (Wildman–Crippen MR) is 144 cm³/mol. The number of benzene rings is 2. The van der Waals surface area contributed by atoms with Crippen molar-refractivity contribution in [2.24, 2.45) is 0 Å². The van der Waals surface area contributed by atoms with Crippen LogP contribution in [0, 0.1) is 0 Å². The van der Waals surface area contributed by atoms with Gasteiger partial charge in [0.2, 0.25) is 11.8 Å². The number of carbonyl (C=O) groups is 2. The zero-order valence-electron chi connectivity index (χ0n) is 20.1. The van der Waals surface area contributed by atoms with Crippen LogP contribution in [0.4, 0.5) is 5.13 Å². The van der Waals surface area contributed by atoms with Crippen LogP contribution < -0.4 is 10.9 Å². The van der Waals surface area contributed by atoms with Crippen LogP contribution in [0.2, 0.25) is 0 Å². The molecule has 0 radical (unpaired) electrons. The van der Waals surface area contributed by atoms with Crippen molar-refractivity contribution in [1.82, 2.24) is 14.5 Å². The number of nitrogens with one attached hydrogen (secondary N) is 1. The van der Waals surface area contributed by atoms with Gasteiger partial charge in [-0.15, -0.1) is 0 Å². The Kier molecular flexibility index (Phi) is 8.36. The zero-order chi connectivity index (χ0) is 26.4. The fourth-order valence-electron chi connectivity index (χ4n) is 3.52. The van der Waals surface area contributed by atoms with E-state index in [2.05, 4.69) is 15.3 Å². The number of ether oxygens (including phenoxy) is 1. The molecule has 0 spiro atoms. The molecule has 4 rings (SSSR count). The van der Waals surface area contributed by atoms with Gasteiger partial charge in [-0.3, -0.25) is 14.2 Å². The fourth-order valence-corrected chi connectivity index (χ4v) is 5.22. The number of para-hydroxylation sites is 1. The van der Waals surface area contributed by atoms with E-state index in [1.165, 1.54) is 4.57 Å². The van der Waals surface area contributed by atoms with Crippen molar-refractivity contribution in [3.05, 3.63) is 81.5 Å². The van der Waals surface area contributed by atoms with Gasteiger partial charge in [-0.2, -0.15) is 4.98 Å². The lowest BCUT2D eigenvalue weighted by Gasteiger charge is -2.14. The number of amides is 1. The first-order chi connectivity index (χ1) is 17.9. The van der Waals surface area contributed by atoms with Crippen molar-refractivity contribution in [2.45, 2.75) is 25.4 Å². The van der Waals surface area contributed by atoms with E-state index >= 15 is 0 Å². The summed E-state index contributed by atoms with van der Waals surface area (Å²) in [5, 5.41) is 13.4. The molecule has 0 bridgehead atoms. The molecule has 2 N–H and O–H groups in total. The average molecular weight is 537 g/mol. The first-order valence-corrected chi connectivity index (χ1v) is 13.3. The minimum absolute atomic E-state index is 0.112. The van der Waals surface area contributed by atoms with Crippen LogP contribution in [0.25, 0.3) is 16.9 Å². The van der Waals surface area contributed by atoms with Crippen molar-refractivity contribution in [3.8, 4) is 22.8 Å². The van der Waals surface area contributed by atoms with Gasteiger partial charge in [0.1, 0.15) is 4.88 Å². The highest BCUT2D eigenvalue weighted by atomic mass is 32.2. The van der Waals surface area contributed by atoms with Gasteiger partial charge in [0.15, 0.2) is 10.3 Å². The molecule has 37 heavy (non-hydrogen) atoms. The lowest BCUT2D eigenvalue weighted by molar-refractivity contribution is -0.113. The van der Waals surface area contributed by atoms with E-state index in [9.17, 15) is 19.5 Å². The summed E-state index contributed by atoms with van der Waals surface area (Å²) < 4.78 is 6.54. The molecule has 2 heterocycles. The Morgan fingerprint density at radius 3 is 2.38 bits per heavy atom. The molecule has 0 aliphatic rings. The first kappa shape index (κ1) is 26.1. The second-order valence-electron chi connectivity index (χ2n) is 7.65. The number of nitrogens with zero attached hydrogens (tertiary/aromatic N) is 3. The summed E-state index contributed by atoms with van der Waals surface area (Å²) in [6, 6.07) is 18.1. The van der Waals surface area contributed by atoms with Gasteiger partial charge in [-0.1, -0.05) is 78.6 Å². The zero-order valence-corrected chi connectivity index (χ0v) is 21.8. The summed E-state index contributed by atoms with van der Waals surface area (Å²) in [5.41, 5.74) is 1.52. The molecule has 0 aliphatic carbocycles. The summed E-state index contributed by atoms with van der Waals surface area (Å²) in [6.07, 6.45) is 0.312. The number of hydrogen-bond donors (Lipinski definition) is 2. The quantitative estimate of drug-likeness (QED) is 0.182. The SMILES string of the molecule is CCOC(=O)c1sc(NC(=O)CSc2nc(O)c(CC)c(=O)n2-c2ccccc2)nc1-c1ccccc1. The van der Waals surface area contributed by atoms with E-state index < -0.39 is 17.4 Å². The highest BCUT2D eigenvalue weighted by Crippen LogP contribution is 2.32. The molecule has 0 atom stereocenters. The minimum atomic E-state index is -0.517. The molecular weight excluding hydrogens is 512 g/mol. The molecule has 2 aromatic heterocycles. The molecule has 11 heteroatoms. The van der Waals surface area contributed by atoms with Crippen molar-refractivity contribution >= 4 is 40.1 Å². The Labute approximate surface area is 221 Å². The van der Waals surface area contributed by atoms with Crippen LogP contribution in [-0.4, -0.2) is 43.9 Å². The minimum Gasteiger partial charge on any atom is -0.493 e. The van der Waals surface area contributed by atoms with Gasteiger partial charge in [-0.25, -0.2) is 9.78 Å². The van der Waals surface area contributed by atoms with Gasteiger partial charge < -0.3 is 15.2 Å². The Morgan fingerprint density at radius 2 is 1.73 bits per heavy atom. The Hall–Kier alpha value is -3.96. The maximum Gasteiger partial charge on any atom is 0.350 e. The van der Waals surface area contributed by atoms with Crippen LogP contribution >= 0.6 is 23.1 Å². The average Bonchev–Trinajstić information content (AvgIpc) is 3.32. The summed E-state index contributed by atoms with van der Waals surface area (Å²) in [5.74, 6) is -1.40. The second-order valence-corrected chi connectivity index (χ2v) is 9.59. The molecule has 0 fully saturated rings. The molecular formula is C26H24N4O5S2. The highest BCUT2D eigenvalue weighted by molar-refractivity contribution is 7.99. The number of anilines is 1. The van der Waals surface area contributed by atoms with Gasteiger partial charge >= 0.3 is 5.97 Å². The second kappa shape index (κ2) is 11.8. The lowest BCUT2D eigenvalue weighted by atomic mass is 10.1. The van der Waals surface area contributed by atoms with Crippen LogP contribution in [0.1, 0.15) is 29.1 Å². The van der Waals surface area contributed by atoms with E-state index in [-0.39, 0.29) is 39.0 Å². The fraction of sp³-hybridized carbons (Fsp3) is 0.192. The molecule has 9 nitrogen and oxygen atoms in total. The van der Waals surface area contributed by atoms with E-state index in [4.69, 9.17) is 4.74 Å². The van der Waals surface area contributed by atoms with E-state index in [1.807, 2.05) is 36.4 Å². The molecule has 190 valence electrons. The third-order valence-electron chi connectivity index (χ3n) is 5.21. The van der Waals surface area contributed by atoms with Crippen LogP contribution in [0.3, 0.4) is 0 Å². The topological polar surface area (TPSA) is 123 Å². The molecule has 0 saturated heterocycles. The van der Waals surface area contributed by atoms with Gasteiger partial charge in [0.25, 0.3) is 5.56 Å². The molecule has 0 unspecified atom stereocenters. The van der Waals surface area contributed by atoms with E-state index in [0.717, 1.165) is 28.7 Å². The number of esters is 1. The number of thioether (sulfide) groups is 1. The van der Waals surface area contributed by atoms with Crippen LogP contribution in [0.15, 0.2) is 70.6 Å². The van der Waals surface area contributed by atoms with Crippen molar-refractivity contribution in [3.63, 3.8) is 0 Å². The predicted octanol–water partition coefficient (Wildman–Crippen LogP) is 4.53. The Morgan fingerprint density at radius 1 is 1.05 bits per heavy atom. The summed E-state index contributed by atoms with van der Waals surface area (Å²) in [6.45, 7) is 3.69. The van der Waals surface area contributed by atoms with Crippen molar-refractivity contribution < 1.29 is 19.4 Å². The number of hydrogen-bond acceptors (Lipinski definition) is 9. The van der Waals surface area contributed by atoms with Crippen molar-refractivity contribution in [2.75, 3.05) is 17.7 Å². The summed E-state index contributed by atoms with van der Waals surface area (Å²) in [4.78, 5) is 47.3. The number of thiazole rings is 1. The smallest absolute Gasteiger partial charge is 0.350 e. The van der Waals surface area contributed by atoms with Crippen molar-refractivity contribution in [1.29, 1.82) is 0 Å². The first-order valence-electron chi connectivity index (χ1n) is 11.5. The number of rotatable bonds is 9. The molecule has 2 aromatic carbocycles. The standard InChI is InChI=1S/C26H24N4O5S2/c1-3-18-22(32)29-26(30(23(18)33)17-13-9-6-10-14-17)36-15-19(31)27-25-28-20(16-11-7-5-8-12-16)21(37-25)24(34)35-4-2/h5-14,32H,3-4,15H2,1-2H3,(H,27,28,31).